The van der Waals surface area contributed by atoms with Crippen LogP contribution in [0, 0.1) is 0 Å². The van der Waals surface area contributed by atoms with E-state index in [0.717, 1.165) is 33.6 Å². The van der Waals surface area contributed by atoms with Gasteiger partial charge in [0.1, 0.15) is 11.9 Å². The van der Waals surface area contributed by atoms with Crippen LogP contribution >= 0.6 is 0 Å². The highest BCUT2D eigenvalue weighted by molar-refractivity contribution is 5.79. The lowest BCUT2D eigenvalue weighted by atomic mass is 9.85. The van der Waals surface area contributed by atoms with Gasteiger partial charge in [0.2, 0.25) is 0 Å². The number of benzene rings is 5. The Morgan fingerprint density at radius 1 is 0.465 bits per heavy atom. The average Bonchev–Trinajstić information content (AvgIpc) is 3.47. The van der Waals surface area contributed by atoms with Crippen molar-refractivity contribution < 1.29 is 4.74 Å². The largest absolute Gasteiger partial charge is 0.485 e. The number of hydrogen-bond acceptors (Lipinski definition) is 4. The third-order valence-corrected chi connectivity index (χ3v) is 8.11. The van der Waals surface area contributed by atoms with Crippen molar-refractivity contribution in [2.45, 2.75) is 12.0 Å². The summed E-state index contributed by atoms with van der Waals surface area (Å²) in [5.74, 6) is 2.87. The fourth-order valence-corrected chi connectivity index (χ4v) is 5.96. The van der Waals surface area contributed by atoms with Gasteiger partial charge in [-0.3, -0.25) is 0 Å². The first-order valence-corrected chi connectivity index (χ1v) is 14.5. The lowest BCUT2D eigenvalue weighted by Crippen LogP contribution is -2.17. The first-order chi connectivity index (χ1) is 21.3. The summed E-state index contributed by atoms with van der Waals surface area (Å²) < 4.78 is 6.51. The minimum atomic E-state index is -0.0863. The van der Waals surface area contributed by atoms with E-state index in [1.807, 2.05) is 54.6 Å². The molecule has 4 heteroatoms. The molecule has 204 valence electrons. The van der Waals surface area contributed by atoms with Crippen molar-refractivity contribution in [2.75, 3.05) is 0 Å². The molecule has 2 atom stereocenters. The predicted molar refractivity (Wildman–Crippen MR) is 172 cm³/mol. The number of fused-ring (bicyclic) bond motifs is 3. The smallest absolute Gasteiger partial charge is 0.164 e. The maximum absolute atomic E-state index is 6.51. The van der Waals surface area contributed by atoms with Gasteiger partial charge in [-0.2, -0.15) is 0 Å². The molecule has 43 heavy (non-hydrogen) atoms. The van der Waals surface area contributed by atoms with Crippen LogP contribution in [-0.4, -0.2) is 21.1 Å². The van der Waals surface area contributed by atoms with Gasteiger partial charge in [0.25, 0.3) is 0 Å². The molecule has 6 aromatic rings. The van der Waals surface area contributed by atoms with Crippen molar-refractivity contribution in [3.05, 3.63) is 163 Å². The van der Waals surface area contributed by atoms with Crippen LogP contribution in [0.4, 0.5) is 0 Å². The molecule has 0 fully saturated rings. The van der Waals surface area contributed by atoms with Gasteiger partial charge < -0.3 is 4.74 Å². The van der Waals surface area contributed by atoms with Gasteiger partial charge >= 0.3 is 0 Å². The van der Waals surface area contributed by atoms with Gasteiger partial charge in [0, 0.05) is 28.2 Å². The van der Waals surface area contributed by atoms with Gasteiger partial charge in [-0.05, 0) is 34.4 Å². The van der Waals surface area contributed by atoms with Gasteiger partial charge in [-0.25, -0.2) is 15.0 Å². The van der Waals surface area contributed by atoms with Crippen LogP contribution in [0.25, 0.3) is 50.9 Å². The molecular weight excluding hydrogens is 526 g/mol. The highest BCUT2D eigenvalue weighted by atomic mass is 16.5. The topological polar surface area (TPSA) is 47.9 Å². The number of aromatic nitrogens is 3. The molecule has 0 saturated heterocycles. The van der Waals surface area contributed by atoms with E-state index in [-0.39, 0.29) is 12.0 Å². The summed E-state index contributed by atoms with van der Waals surface area (Å²) in [6.45, 7) is 0. The summed E-state index contributed by atoms with van der Waals surface area (Å²) in [5, 5.41) is 0. The second kappa shape index (κ2) is 10.7. The van der Waals surface area contributed by atoms with E-state index in [9.17, 15) is 0 Å². The number of ether oxygens (including phenoxy) is 1. The molecule has 0 bridgehead atoms. The van der Waals surface area contributed by atoms with E-state index in [4.69, 9.17) is 19.7 Å². The molecule has 4 nitrogen and oxygen atoms in total. The van der Waals surface area contributed by atoms with Gasteiger partial charge in [-0.15, -0.1) is 0 Å². The number of rotatable bonds is 5. The Morgan fingerprint density at radius 2 is 1.00 bits per heavy atom. The van der Waals surface area contributed by atoms with Crippen LogP contribution in [0.15, 0.2) is 152 Å². The molecule has 1 aromatic heterocycles. The molecule has 2 aliphatic rings. The standard InChI is InChI=1S/C39H27N3O/c1-4-11-26(12-5-1)28-19-21-30(22-20-28)38-40-37(29-15-8-3-9-16-29)41-39(42-38)33-17-10-18-34-36(33)32-24-23-31(25-35(32)43-34)27-13-6-2-7-14-27/h1-25,32,35H. The molecule has 0 N–H and O–H groups in total. The van der Waals surface area contributed by atoms with Crippen LogP contribution in [0.5, 0.6) is 5.75 Å². The van der Waals surface area contributed by atoms with Crippen LogP contribution < -0.4 is 4.74 Å². The zero-order valence-electron chi connectivity index (χ0n) is 23.3. The zero-order chi connectivity index (χ0) is 28.6. The summed E-state index contributed by atoms with van der Waals surface area (Å²) >= 11 is 0. The molecule has 0 saturated carbocycles. The van der Waals surface area contributed by atoms with E-state index in [1.165, 1.54) is 16.7 Å². The number of hydrogen-bond donors (Lipinski definition) is 0. The third-order valence-electron chi connectivity index (χ3n) is 8.11. The molecule has 8 rings (SSSR count). The maximum atomic E-state index is 6.51. The SMILES string of the molecule is C1=CC2c3c(cccc3-c3nc(-c4ccccc4)nc(-c4ccc(-c5ccccc5)cc4)n3)OC2C=C1c1ccccc1. The Hall–Kier alpha value is -5.61. The van der Waals surface area contributed by atoms with Gasteiger partial charge in [0.15, 0.2) is 17.5 Å². The molecule has 0 radical (unpaired) electrons. The average molecular weight is 554 g/mol. The normalized spacial score (nSPS) is 16.6. The van der Waals surface area contributed by atoms with Crippen molar-refractivity contribution in [2.24, 2.45) is 0 Å². The summed E-state index contributed by atoms with van der Waals surface area (Å²) in [4.78, 5) is 15.0. The van der Waals surface area contributed by atoms with Crippen molar-refractivity contribution in [1.82, 2.24) is 15.0 Å². The van der Waals surface area contributed by atoms with Crippen LogP contribution in [-0.2, 0) is 0 Å². The van der Waals surface area contributed by atoms with E-state index in [2.05, 4.69) is 97.1 Å². The number of nitrogens with zero attached hydrogens (tertiary/aromatic N) is 3. The van der Waals surface area contributed by atoms with E-state index in [0.29, 0.717) is 17.5 Å². The fourth-order valence-electron chi connectivity index (χ4n) is 5.96. The first-order valence-electron chi connectivity index (χ1n) is 14.5. The van der Waals surface area contributed by atoms with E-state index in [1.54, 1.807) is 0 Å². The van der Waals surface area contributed by atoms with Crippen molar-refractivity contribution in [1.29, 1.82) is 0 Å². The lowest BCUT2D eigenvalue weighted by molar-refractivity contribution is 0.269. The highest BCUT2D eigenvalue weighted by Gasteiger charge is 2.36. The molecule has 0 amide bonds. The minimum absolute atomic E-state index is 0.0733. The highest BCUT2D eigenvalue weighted by Crippen LogP contribution is 2.47. The Morgan fingerprint density at radius 3 is 1.67 bits per heavy atom. The molecule has 2 unspecified atom stereocenters. The molecule has 2 heterocycles. The Balaban J connectivity index is 1.22. The molecule has 5 aromatic carbocycles. The van der Waals surface area contributed by atoms with Gasteiger partial charge in [-0.1, -0.05) is 140 Å². The fraction of sp³-hybridized carbons (Fsp3) is 0.0513. The minimum Gasteiger partial charge on any atom is -0.485 e. The lowest BCUT2D eigenvalue weighted by Gasteiger charge is -2.19. The quantitative estimate of drug-likeness (QED) is 0.214. The second-order valence-electron chi connectivity index (χ2n) is 10.8. The van der Waals surface area contributed by atoms with E-state index < -0.39 is 0 Å². The molecule has 0 spiro atoms. The van der Waals surface area contributed by atoms with Crippen LogP contribution in [0.3, 0.4) is 0 Å². The Labute approximate surface area is 250 Å². The summed E-state index contributed by atoms with van der Waals surface area (Å²) in [6.07, 6.45) is 6.60. The van der Waals surface area contributed by atoms with Crippen molar-refractivity contribution >= 4 is 5.57 Å². The molecular formula is C39H27N3O. The molecule has 1 aliphatic carbocycles. The maximum Gasteiger partial charge on any atom is 0.164 e. The Kier molecular flexibility index (Phi) is 6.23. The van der Waals surface area contributed by atoms with E-state index >= 15 is 0 Å². The summed E-state index contributed by atoms with van der Waals surface area (Å²) in [7, 11) is 0. The summed E-state index contributed by atoms with van der Waals surface area (Å²) in [5.41, 5.74) is 8.65. The predicted octanol–water partition coefficient (Wildman–Crippen LogP) is 9.04. The second-order valence-corrected chi connectivity index (χ2v) is 10.8. The zero-order valence-corrected chi connectivity index (χ0v) is 23.3. The monoisotopic (exact) mass is 553 g/mol. The third kappa shape index (κ3) is 4.73. The van der Waals surface area contributed by atoms with Crippen molar-refractivity contribution in [3.8, 4) is 51.0 Å². The Bertz CT molecular complexity index is 1980. The van der Waals surface area contributed by atoms with Gasteiger partial charge in [0.05, 0.1) is 0 Å². The van der Waals surface area contributed by atoms with Crippen molar-refractivity contribution in [3.63, 3.8) is 0 Å². The number of allylic oxidation sites excluding steroid dienone is 2. The van der Waals surface area contributed by atoms with Crippen LogP contribution in [0.2, 0.25) is 0 Å². The molecule has 1 aliphatic heterocycles. The van der Waals surface area contributed by atoms with Crippen LogP contribution in [0.1, 0.15) is 17.0 Å². The first kappa shape index (κ1) is 25.1. The summed E-state index contributed by atoms with van der Waals surface area (Å²) in [6, 6.07) is 45.5.